The predicted molar refractivity (Wildman–Crippen MR) is 61.5 cm³/mol. The second-order valence-corrected chi connectivity index (χ2v) is 4.33. The summed E-state index contributed by atoms with van der Waals surface area (Å²) in [5.41, 5.74) is 0. The Balaban J connectivity index is 3.92. The van der Waals surface area contributed by atoms with E-state index in [1.165, 1.54) is 12.8 Å². The Labute approximate surface area is 88.7 Å². The van der Waals surface area contributed by atoms with Gasteiger partial charge in [0.1, 0.15) is 5.78 Å². The zero-order valence-corrected chi connectivity index (χ0v) is 10.3. The minimum absolute atomic E-state index is 0.214. The van der Waals surface area contributed by atoms with Gasteiger partial charge in [-0.15, -0.1) is 0 Å². The molecule has 0 aliphatic heterocycles. The first-order valence-electron chi connectivity index (χ1n) is 5.75. The van der Waals surface area contributed by atoms with E-state index in [0.717, 1.165) is 6.42 Å². The maximum absolute atomic E-state index is 11.7. The number of rotatable bonds is 7. The summed E-state index contributed by atoms with van der Waals surface area (Å²) in [5.74, 6) is 0.587. The molecular formula is C12H25NO. The first kappa shape index (κ1) is 13.6. The van der Waals surface area contributed by atoms with Gasteiger partial charge in [-0.1, -0.05) is 27.2 Å². The standard InChI is InChI=1S/C12H25NO/c1-6-8-11(4)13(5)9-12(14)10(3)7-2/h10-11H,6-9H2,1-5H3. The molecule has 0 aromatic rings. The molecule has 0 aliphatic carbocycles. The quantitative estimate of drug-likeness (QED) is 0.628. The van der Waals surface area contributed by atoms with E-state index >= 15 is 0 Å². The van der Waals surface area contributed by atoms with Gasteiger partial charge in [0, 0.05) is 12.0 Å². The van der Waals surface area contributed by atoms with Crippen molar-refractivity contribution < 1.29 is 4.79 Å². The summed E-state index contributed by atoms with van der Waals surface area (Å²) in [5, 5.41) is 0. The van der Waals surface area contributed by atoms with E-state index in [-0.39, 0.29) is 5.92 Å². The highest BCUT2D eigenvalue weighted by Gasteiger charge is 2.15. The van der Waals surface area contributed by atoms with Gasteiger partial charge in [-0.3, -0.25) is 9.69 Å². The van der Waals surface area contributed by atoms with E-state index in [4.69, 9.17) is 0 Å². The molecule has 0 aromatic carbocycles. The summed E-state index contributed by atoms with van der Waals surface area (Å²) >= 11 is 0. The van der Waals surface area contributed by atoms with Crippen LogP contribution in [0, 0.1) is 5.92 Å². The third kappa shape index (κ3) is 4.75. The van der Waals surface area contributed by atoms with Crippen molar-refractivity contribution >= 4 is 5.78 Å². The fourth-order valence-electron chi connectivity index (χ4n) is 1.42. The summed E-state index contributed by atoms with van der Waals surface area (Å²) in [7, 11) is 2.04. The minimum Gasteiger partial charge on any atom is -0.298 e. The van der Waals surface area contributed by atoms with Crippen molar-refractivity contribution in [3.05, 3.63) is 0 Å². The highest BCUT2D eigenvalue weighted by molar-refractivity contribution is 5.82. The van der Waals surface area contributed by atoms with Gasteiger partial charge in [-0.2, -0.15) is 0 Å². The zero-order chi connectivity index (χ0) is 11.1. The highest BCUT2D eigenvalue weighted by atomic mass is 16.1. The molecule has 0 fully saturated rings. The summed E-state index contributed by atoms with van der Waals surface area (Å²) in [6.45, 7) is 9.06. The fourth-order valence-corrected chi connectivity index (χ4v) is 1.42. The van der Waals surface area contributed by atoms with E-state index in [1.54, 1.807) is 0 Å². The van der Waals surface area contributed by atoms with E-state index in [0.29, 0.717) is 18.4 Å². The molecule has 0 heterocycles. The van der Waals surface area contributed by atoms with Gasteiger partial charge in [0.2, 0.25) is 0 Å². The van der Waals surface area contributed by atoms with Crippen molar-refractivity contribution in [1.82, 2.24) is 4.90 Å². The fraction of sp³-hybridized carbons (Fsp3) is 0.917. The summed E-state index contributed by atoms with van der Waals surface area (Å²) in [6.07, 6.45) is 3.31. The lowest BCUT2D eigenvalue weighted by Crippen LogP contribution is -2.35. The van der Waals surface area contributed by atoms with Crippen molar-refractivity contribution in [2.75, 3.05) is 13.6 Å². The third-order valence-electron chi connectivity index (χ3n) is 3.03. The van der Waals surface area contributed by atoms with Crippen LogP contribution in [-0.4, -0.2) is 30.3 Å². The highest BCUT2D eigenvalue weighted by Crippen LogP contribution is 2.07. The molecule has 0 saturated heterocycles. The van der Waals surface area contributed by atoms with Crippen LogP contribution in [0.15, 0.2) is 0 Å². The van der Waals surface area contributed by atoms with Crippen LogP contribution in [0.1, 0.15) is 47.0 Å². The summed E-state index contributed by atoms with van der Waals surface area (Å²) in [4.78, 5) is 13.8. The molecule has 14 heavy (non-hydrogen) atoms. The molecule has 0 spiro atoms. The Kier molecular flexibility index (Phi) is 6.81. The molecule has 0 bridgehead atoms. The average Bonchev–Trinajstić information content (AvgIpc) is 2.16. The lowest BCUT2D eigenvalue weighted by molar-refractivity contribution is -0.123. The van der Waals surface area contributed by atoms with E-state index in [9.17, 15) is 4.79 Å². The second-order valence-electron chi connectivity index (χ2n) is 4.33. The van der Waals surface area contributed by atoms with Crippen molar-refractivity contribution in [1.29, 1.82) is 0 Å². The summed E-state index contributed by atoms with van der Waals surface area (Å²) in [6, 6.07) is 0.521. The zero-order valence-electron chi connectivity index (χ0n) is 10.3. The predicted octanol–water partition coefficient (Wildman–Crippen LogP) is 2.72. The van der Waals surface area contributed by atoms with Crippen LogP contribution in [0.25, 0.3) is 0 Å². The lowest BCUT2D eigenvalue weighted by Gasteiger charge is -2.24. The first-order valence-corrected chi connectivity index (χ1v) is 5.75. The van der Waals surface area contributed by atoms with Gasteiger partial charge in [-0.05, 0) is 26.8 Å². The van der Waals surface area contributed by atoms with Crippen LogP contribution in [0.5, 0.6) is 0 Å². The number of nitrogens with zero attached hydrogens (tertiary/aromatic N) is 1. The van der Waals surface area contributed by atoms with Crippen molar-refractivity contribution in [3.63, 3.8) is 0 Å². The number of ketones is 1. The molecule has 2 atom stereocenters. The Hall–Kier alpha value is -0.370. The maximum atomic E-state index is 11.7. The largest absolute Gasteiger partial charge is 0.298 e. The molecule has 0 rings (SSSR count). The molecule has 2 nitrogen and oxygen atoms in total. The second kappa shape index (κ2) is 6.99. The smallest absolute Gasteiger partial charge is 0.149 e. The van der Waals surface area contributed by atoms with Crippen LogP contribution in [0.4, 0.5) is 0 Å². The van der Waals surface area contributed by atoms with E-state index in [1.807, 2.05) is 14.0 Å². The van der Waals surface area contributed by atoms with Crippen LogP contribution in [-0.2, 0) is 4.79 Å². The Morgan fingerprint density at radius 2 is 1.86 bits per heavy atom. The molecule has 2 unspecified atom stereocenters. The van der Waals surface area contributed by atoms with E-state index in [2.05, 4.69) is 25.7 Å². The minimum atomic E-state index is 0.214. The summed E-state index contributed by atoms with van der Waals surface area (Å²) < 4.78 is 0. The van der Waals surface area contributed by atoms with Gasteiger partial charge in [0.05, 0.1) is 6.54 Å². The number of likely N-dealkylation sites (N-methyl/N-ethyl adjacent to an activating group) is 1. The molecule has 0 aliphatic rings. The third-order valence-corrected chi connectivity index (χ3v) is 3.03. The molecule has 0 radical (unpaired) electrons. The molecule has 0 N–H and O–H groups in total. The van der Waals surface area contributed by atoms with Crippen LogP contribution >= 0.6 is 0 Å². The van der Waals surface area contributed by atoms with Gasteiger partial charge < -0.3 is 0 Å². The molecule has 0 saturated carbocycles. The van der Waals surface area contributed by atoms with Crippen molar-refractivity contribution in [2.45, 2.75) is 53.0 Å². The normalized spacial score (nSPS) is 15.6. The number of carbonyl (C=O) groups is 1. The van der Waals surface area contributed by atoms with Crippen molar-refractivity contribution in [3.8, 4) is 0 Å². The van der Waals surface area contributed by atoms with Crippen molar-refractivity contribution in [2.24, 2.45) is 5.92 Å². The number of hydrogen-bond acceptors (Lipinski definition) is 2. The first-order chi connectivity index (χ1) is 6.52. The van der Waals surface area contributed by atoms with Gasteiger partial charge in [0.25, 0.3) is 0 Å². The molecule has 0 aromatic heterocycles. The van der Waals surface area contributed by atoms with Crippen LogP contribution in [0.2, 0.25) is 0 Å². The molecule has 84 valence electrons. The Morgan fingerprint density at radius 3 is 2.29 bits per heavy atom. The Bertz CT molecular complexity index is 168. The van der Waals surface area contributed by atoms with E-state index < -0.39 is 0 Å². The van der Waals surface area contributed by atoms with Gasteiger partial charge >= 0.3 is 0 Å². The number of carbonyl (C=O) groups excluding carboxylic acids is 1. The topological polar surface area (TPSA) is 20.3 Å². The SMILES string of the molecule is CCCC(C)N(C)CC(=O)C(C)CC. The number of Topliss-reactive ketones (excluding diaryl/α,β-unsaturated/α-hetero) is 1. The van der Waals surface area contributed by atoms with Gasteiger partial charge in [-0.25, -0.2) is 0 Å². The molecule has 0 amide bonds. The van der Waals surface area contributed by atoms with Crippen LogP contribution < -0.4 is 0 Å². The number of hydrogen-bond donors (Lipinski definition) is 0. The monoisotopic (exact) mass is 199 g/mol. The average molecular weight is 199 g/mol. The molecule has 2 heteroatoms. The van der Waals surface area contributed by atoms with Gasteiger partial charge in [0.15, 0.2) is 0 Å². The Morgan fingerprint density at radius 1 is 1.29 bits per heavy atom. The lowest BCUT2D eigenvalue weighted by atomic mass is 10.0. The maximum Gasteiger partial charge on any atom is 0.149 e. The molecular weight excluding hydrogens is 174 g/mol. The van der Waals surface area contributed by atoms with Crippen LogP contribution in [0.3, 0.4) is 0 Å².